The third-order valence-corrected chi connectivity index (χ3v) is 3.17. The molecule has 0 saturated carbocycles. The number of benzene rings is 1. The highest BCUT2D eigenvalue weighted by atomic mass is 35.5. The molecule has 0 radical (unpaired) electrons. The van der Waals surface area contributed by atoms with E-state index in [9.17, 15) is 13.2 Å². The summed E-state index contributed by atoms with van der Waals surface area (Å²) in [5.74, 6) is 0. The molecular formula is C8H8ClNO3S. The monoisotopic (exact) mass is 233 g/mol. The Bertz CT molecular complexity index is 413. The molecule has 6 heteroatoms. The average molecular weight is 234 g/mol. The highest BCUT2D eigenvalue weighted by Crippen LogP contribution is 2.13. The lowest BCUT2D eigenvalue weighted by Gasteiger charge is -2.02. The van der Waals surface area contributed by atoms with Gasteiger partial charge in [0, 0.05) is 5.02 Å². The Morgan fingerprint density at radius 2 is 1.86 bits per heavy atom. The number of hydrogen-bond acceptors (Lipinski definition) is 3. The van der Waals surface area contributed by atoms with E-state index in [4.69, 9.17) is 11.6 Å². The van der Waals surface area contributed by atoms with Crippen molar-refractivity contribution in [2.75, 3.05) is 6.54 Å². The number of aldehydes is 1. The molecule has 1 aromatic carbocycles. The van der Waals surface area contributed by atoms with Crippen molar-refractivity contribution in [1.82, 2.24) is 4.72 Å². The number of nitrogens with one attached hydrogen (secondary N) is 1. The Morgan fingerprint density at radius 3 is 2.36 bits per heavy atom. The first-order valence-electron chi connectivity index (χ1n) is 3.75. The van der Waals surface area contributed by atoms with E-state index in [1.54, 1.807) is 0 Å². The molecule has 76 valence electrons. The number of carbonyl (C=O) groups is 1. The van der Waals surface area contributed by atoms with Crippen molar-refractivity contribution in [2.24, 2.45) is 0 Å². The van der Waals surface area contributed by atoms with Crippen molar-refractivity contribution in [3.05, 3.63) is 29.3 Å². The first-order valence-corrected chi connectivity index (χ1v) is 5.61. The molecule has 0 aliphatic carbocycles. The van der Waals surface area contributed by atoms with Gasteiger partial charge in [-0.3, -0.25) is 0 Å². The topological polar surface area (TPSA) is 63.2 Å². The first-order chi connectivity index (χ1) is 6.56. The van der Waals surface area contributed by atoms with Crippen LogP contribution in [0.5, 0.6) is 0 Å². The fourth-order valence-electron chi connectivity index (χ4n) is 0.841. The Hall–Kier alpha value is -0.910. The van der Waals surface area contributed by atoms with Crippen LogP contribution in [0.25, 0.3) is 0 Å². The Morgan fingerprint density at radius 1 is 1.29 bits per heavy atom. The molecule has 4 nitrogen and oxygen atoms in total. The Kier molecular flexibility index (Phi) is 3.62. The molecule has 0 unspecified atom stereocenters. The van der Waals surface area contributed by atoms with Crippen molar-refractivity contribution < 1.29 is 13.2 Å². The van der Waals surface area contributed by atoms with Crippen molar-refractivity contribution in [2.45, 2.75) is 4.90 Å². The van der Waals surface area contributed by atoms with Gasteiger partial charge in [-0.05, 0) is 24.3 Å². The maximum Gasteiger partial charge on any atom is 0.240 e. The lowest BCUT2D eigenvalue weighted by Crippen LogP contribution is -2.25. The molecule has 1 rings (SSSR count). The fraction of sp³-hybridized carbons (Fsp3) is 0.125. The normalized spacial score (nSPS) is 11.2. The molecule has 0 saturated heterocycles. The van der Waals surface area contributed by atoms with Gasteiger partial charge < -0.3 is 4.79 Å². The van der Waals surface area contributed by atoms with Crippen LogP contribution in [0.15, 0.2) is 29.2 Å². The Labute approximate surface area is 86.9 Å². The third-order valence-electron chi connectivity index (χ3n) is 1.48. The van der Waals surface area contributed by atoms with Crippen LogP contribution in [0.4, 0.5) is 0 Å². The van der Waals surface area contributed by atoms with E-state index in [0.717, 1.165) is 0 Å². The van der Waals surface area contributed by atoms with E-state index < -0.39 is 10.0 Å². The van der Waals surface area contributed by atoms with Gasteiger partial charge in [-0.15, -0.1) is 0 Å². The minimum atomic E-state index is -3.58. The van der Waals surface area contributed by atoms with Crippen LogP contribution in [-0.2, 0) is 14.8 Å². The Balaban J connectivity index is 2.93. The number of hydrogen-bond donors (Lipinski definition) is 1. The van der Waals surface area contributed by atoms with Crippen LogP contribution >= 0.6 is 11.6 Å². The molecule has 1 aromatic rings. The molecule has 0 aromatic heterocycles. The third kappa shape index (κ3) is 2.80. The second-order valence-electron chi connectivity index (χ2n) is 2.47. The second kappa shape index (κ2) is 4.54. The lowest BCUT2D eigenvalue weighted by molar-refractivity contribution is -0.106. The largest absolute Gasteiger partial charge is 0.302 e. The van der Waals surface area contributed by atoms with Crippen molar-refractivity contribution in [3.63, 3.8) is 0 Å². The standard InChI is InChI=1S/C8H8ClNO3S/c9-7-1-3-8(4-2-7)14(12,13)10-5-6-11/h1-4,6,10H,5H2. The first kappa shape index (κ1) is 11.2. The van der Waals surface area contributed by atoms with Crippen molar-refractivity contribution in [3.8, 4) is 0 Å². The van der Waals surface area contributed by atoms with E-state index in [1.165, 1.54) is 24.3 Å². The molecular weight excluding hydrogens is 226 g/mol. The number of halogens is 1. The van der Waals surface area contributed by atoms with E-state index in [0.29, 0.717) is 11.3 Å². The minimum Gasteiger partial charge on any atom is -0.302 e. The van der Waals surface area contributed by atoms with Crippen LogP contribution in [0.3, 0.4) is 0 Å². The average Bonchev–Trinajstić information content (AvgIpc) is 2.16. The molecule has 0 bridgehead atoms. The zero-order valence-electron chi connectivity index (χ0n) is 7.10. The van der Waals surface area contributed by atoms with Gasteiger partial charge in [0.2, 0.25) is 10.0 Å². The summed E-state index contributed by atoms with van der Waals surface area (Å²) in [5.41, 5.74) is 0. The summed E-state index contributed by atoms with van der Waals surface area (Å²) in [6.07, 6.45) is 0.480. The van der Waals surface area contributed by atoms with Crippen LogP contribution in [-0.4, -0.2) is 21.2 Å². The minimum absolute atomic E-state index is 0.0868. The van der Waals surface area contributed by atoms with Gasteiger partial charge in [-0.25, -0.2) is 13.1 Å². The van der Waals surface area contributed by atoms with Crippen LogP contribution in [0, 0.1) is 0 Å². The zero-order chi connectivity index (χ0) is 10.6. The predicted molar refractivity (Wildman–Crippen MR) is 52.7 cm³/mol. The number of rotatable bonds is 4. The molecule has 0 spiro atoms. The highest BCUT2D eigenvalue weighted by molar-refractivity contribution is 7.89. The molecule has 0 fully saturated rings. The van der Waals surface area contributed by atoms with Crippen LogP contribution in [0.2, 0.25) is 5.02 Å². The van der Waals surface area contributed by atoms with E-state index in [1.807, 2.05) is 0 Å². The zero-order valence-corrected chi connectivity index (χ0v) is 8.68. The summed E-state index contributed by atoms with van der Waals surface area (Å²) in [5, 5.41) is 0.458. The summed E-state index contributed by atoms with van der Waals surface area (Å²) in [4.78, 5) is 10.1. The van der Waals surface area contributed by atoms with Crippen molar-refractivity contribution in [1.29, 1.82) is 0 Å². The smallest absolute Gasteiger partial charge is 0.240 e. The van der Waals surface area contributed by atoms with Gasteiger partial charge in [0.05, 0.1) is 11.4 Å². The molecule has 0 aliphatic heterocycles. The second-order valence-corrected chi connectivity index (χ2v) is 4.68. The maximum absolute atomic E-state index is 11.4. The SMILES string of the molecule is O=CCNS(=O)(=O)c1ccc(Cl)cc1. The summed E-state index contributed by atoms with van der Waals surface area (Å²) in [7, 11) is -3.58. The van der Waals surface area contributed by atoms with Gasteiger partial charge in [0.15, 0.2) is 0 Å². The lowest BCUT2D eigenvalue weighted by atomic mass is 10.4. The fourth-order valence-corrected chi connectivity index (χ4v) is 1.92. The summed E-state index contributed by atoms with van der Waals surface area (Å²) >= 11 is 5.59. The van der Waals surface area contributed by atoms with Gasteiger partial charge in [-0.2, -0.15) is 0 Å². The van der Waals surface area contributed by atoms with Gasteiger partial charge in [-0.1, -0.05) is 11.6 Å². The number of carbonyl (C=O) groups excluding carboxylic acids is 1. The molecule has 0 heterocycles. The predicted octanol–water partition coefficient (Wildman–Crippen LogP) is 0.817. The summed E-state index contributed by atoms with van der Waals surface area (Å²) in [6, 6.07) is 5.68. The quantitative estimate of drug-likeness (QED) is 0.783. The maximum atomic E-state index is 11.4. The van der Waals surface area contributed by atoms with E-state index >= 15 is 0 Å². The molecule has 1 N–H and O–H groups in total. The van der Waals surface area contributed by atoms with Gasteiger partial charge in [0.25, 0.3) is 0 Å². The molecule has 14 heavy (non-hydrogen) atoms. The van der Waals surface area contributed by atoms with Crippen LogP contribution < -0.4 is 4.72 Å². The van der Waals surface area contributed by atoms with Gasteiger partial charge in [0.1, 0.15) is 6.29 Å². The van der Waals surface area contributed by atoms with Crippen LogP contribution in [0.1, 0.15) is 0 Å². The van der Waals surface area contributed by atoms with E-state index in [2.05, 4.69) is 4.72 Å². The van der Waals surface area contributed by atoms with E-state index in [-0.39, 0.29) is 11.4 Å². The van der Waals surface area contributed by atoms with Crippen molar-refractivity contribution >= 4 is 27.9 Å². The van der Waals surface area contributed by atoms with Gasteiger partial charge >= 0.3 is 0 Å². The molecule has 0 aliphatic rings. The molecule has 0 atom stereocenters. The molecule has 0 amide bonds. The number of sulfonamides is 1. The summed E-state index contributed by atoms with van der Waals surface area (Å²) < 4.78 is 24.9. The highest BCUT2D eigenvalue weighted by Gasteiger charge is 2.11. The summed E-state index contributed by atoms with van der Waals surface area (Å²) in [6.45, 7) is -0.231.